The summed E-state index contributed by atoms with van der Waals surface area (Å²) in [5.74, 6) is 3.15. The van der Waals surface area contributed by atoms with Gasteiger partial charge in [0.2, 0.25) is 0 Å². The van der Waals surface area contributed by atoms with Crippen LogP contribution < -0.4 is 0 Å². The number of hydrogen-bond acceptors (Lipinski definition) is 2. The van der Waals surface area contributed by atoms with Crippen LogP contribution in [-0.2, 0) is 9.59 Å². The van der Waals surface area contributed by atoms with Gasteiger partial charge in [-0.3, -0.25) is 9.59 Å². The third-order valence-electron chi connectivity index (χ3n) is 11.5. The summed E-state index contributed by atoms with van der Waals surface area (Å²) in [4.78, 5) is 26.7. The van der Waals surface area contributed by atoms with Gasteiger partial charge in [0.25, 0.3) is 0 Å². The highest BCUT2D eigenvalue weighted by Crippen LogP contribution is 2.71. The van der Waals surface area contributed by atoms with E-state index in [0.29, 0.717) is 24.4 Å². The van der Waals surface area contributed by atoms with Crippen LogP contribution in [0.4, 0.5) is 0 Å². The molecule has 0 radical (unpaired) electrons. The van der Waals surface area contributed by atoms with Crippen LogP contribution in [-0.4, -0.2) is 11.6 Å². The Morgan fingerprint density at radius 2 is 1.59 bits per heavy atom. The van der Waals surface area contributed by atoms with Crippen molar-refractivity contribution in [2.45, 2.75) is 120 Å². The molecule has 0 aromatic carbocycles. The van der Waals surface area contributed by atoms with E-state index in [2.05, 4.69) is 55.4 Å². The summed E-state index contributed by atoms with van der Waals surface area (Å²) in [6.45, 7) is 18.7. The molecule has 0 N–H and O–H groups in total. The van der Waals surface area contributed by atoms with Gasteiger partial charge in [-0.05, 0) is 66.6 Å². The third-order valence-corrected chi connectivity index (χ3v) is 11.5. The molecule has 0 amide bonds. The maximum atomic E-state index is 13.9. The molecule has 0 saturated heterocycles. The standard InChI is InChI=1S/C30H48O2/c1-19(2)10-9-11-20(3)21-12-17-30(8)26-22(13-16-29(21,30)7)28(6)15-14-25(32)27(4,5)24(28)18-23(26)31/h19-21,24H,9-18H2,1-8H3. The van der Waals surface area contributed by atoms with Crippen LogP contribution in [0.5, 0.6) is 0 Å². The van der Waals surface area contributed by atoms with Crippen molar-refractivity contribution in [3.05, 3.63) is 11.1 Å². The van der Waals surface area contributed by atoms with Crippen LogP contribution in [0.15, 0.2) is 11.1 Å². The fourth-order valence-electron chi connectivity index (χ4n) is 9.17. The normalized spacial score (nSPS) is 42.0. The molecule has 32 heavy (non-hydrogen) atoms. The smallest absolute Gasteiger partial charge is 0.159 e. The first kappa shape index (κ1) is 24.2. The Kier molecular flexibility index (Phi) is 5.91. The monoisotopic (exact) mass is 440 g/mol. The number of rotatable bonds is 5. The number of Topliss-reactive ketones (excluding diaryl/α,β-unsaturated/α-hetero) is 2. The van der Waals surface area contributed by atoms with E-state index in [4.69, 9.17) is 0 Å². The van der Waals surface area contributed by atoms with Crippen molar-refractivity contribution in [3.8, 4) is 0 Å². The second kappa shape index (κ2) is 7.81. The van der Waals surface area contributed by atoms with Gasteiger partial charge in [0, 0.05) is 29.2 Å². The number of ketones is 2. The molecule has 2 saturated carbocycles. The van der Waals surface area contributed by atoms with Crippen molar-refractivity contribution < 1.29 is 9.59 Å². The summed E-state index contributed by atoms with van der Waals surface area (Å²) in [5.41, 5.74) is 2.56. The first-order valence-electron chi connectivity index (χ1n) is 13.6. The van der Waals surface area contributed by atoms with Gasteiger partial charge in [-0.25, -0.2) is 0 Å². The highest BCUT2D eigenvalue weighted by Gasteiger charge is 2.65. The number of carbonyl (C=O) groups is 2. The highest BCUT2D eigenvalue weighted by atomic mass is 16.1. The van der Waals surface area contributed by atoms with Gasteiger partial charge in [-0.2, -0.15) is 0 Å². The van der Waals surface area contributed by atoms with Gasteiger partial charge in [0.05, 0.1) is 0 Å². The van der Waals surface area contributed by atoms with Crippen molar-refractivity contribution in [1.29, 1.82) is 0 Å². The lowest BCUT2D eigenvalue weighted by atomic mass is 9.43. The van der Waals surface area contributed by atoms with Gasteiger partial charge < -0.3 is 0 Å². The number of carbonyl (C=O) groups excluding carboxylic acids is 2. The second-order valence-electron chi connectivity index (χ2n) is 13.8. The zero-order valence-corrected chi connectivity index (χ0v) is 22.2. The average molecular weight is 441 g/mol. The third kappa shape index (κ3) is 3.24. The molecule has 2 fully saturated rings. The molecule has 0 heterocycles. The zero-order valence-electron chi connectivity index (χ0n) is 22.2. The molecule has 4 aliphatic rings. The van der Waals surface area contributed by atoms with E-state index >= 15 is 0 Å². The van der Waals surface area contributed by atoms with Crippen LogP contribution in [0.1, 0.15) is 120 Å². The molecule has 0 aromatic heterocycles. The van der Waals surface area contributed by atoms with Gasteiger partial charge in [0.15, 0.2) is 5.78 Å². The lowest BCUT2D eigenvalue weighted by Gasteiger charge is -2.60. The summed E-state index contributed by atoms with van der Waals surface area (Å²) in [7, 11) is 0. The highest BCUT2D eigenvalue weighted by molar-refractivity contribution is 6.00. The molecule has 4 aliphatic carbocycles. The van der Waals surface area contributed by atoms with Crippen molar-refractivity contribution >= 4 is 11.6 Å². The largest absolute Gasteiger partial charge is 0.299 e. The maximum absolute atomic E-state index is 13.9. The Bertz CT molecular complexity index is 832. The van der Waals surface area contributed by atoms with E-state index in [1.54, 1.807) is 0 Å². The minimum absolute atomic E-state index is 0.00815. The molecule has 6 unspecified atom stereocenters. The van der Waals surface area contributed by atoms with Gasteiger partial charge in [-0.1, -0.05) is 80.2 Å². The van der Waals surface area contributed by atoms with Gasteiger partial charge in [0.1, 0.15) is 5.78 Å². The predicted molar refractivity (Wildman–Crippen MR) is 132 cm³/mol. The average Bonchev–Trinajstić information content (AvgIpc) is 2.98. The van der Waals surface area contributed by atoms with Crippen molar-refractivity contribution in [2.75, 3.05) is 0 Å². The summed E-state index contributed by atoms with van der Waals surface area (Å²) in [6, 6.07) is 0. The second-order valence-corrected chi connectivity index (χ2v) is 13.8. The minimum Gasteiger partial charge on any atom is -0.299 e. The Morgan fingerprint density at radius 1 is 0.906 bits per heavy atom. The Balaban J connectivity index is 1.69. The molecule has 2 nitrogen and oxygen atoms in total. The molecule has 4 rings (SSSR count). The minimum atomic E-state index is -0.383. The van der Waals surface area contributed by atoms with Crippen molar-refractivity contribution in [3.63, 3.8) is 0 Å². The molecule has 0 bridgehead atoms. The van der Waals surface area contributed by atoms with E-state index in [9.17, 15) is 9.59 Å². The van der Waals surface area contributed by atoms with E-state index in [0.717, 1.165) is 37.0 Å². The van der Waals surface area contributed by atoms with Crippen LogP contribution in [0.25, 0.3) is 0 Å². The molecule has 0 aromatic rings. The lowest BCUT2D eigenvalue weighted by molar-refractivity contribution is -0.142. The van der Waals surface area contributed by atoms with Crippen LogP contribution >= 0.6 is 0 Å². The number of fused-ring (bicyclic) bond motifs is 4. The Hall–Kier alpha value is -0.920. The molecule has 6 atom stereocenters. The summed E-state index contributed by atoms with van der Waals surface area (Å²) < 4.78 is 0. The van der Waals surface area contributed by atoms with E-state index in [1.807, 2.05) is 0 Å². The maximum Gasteiger partial charge on any atom is 0.159 e. The van der Waals surface area contributed by atoms with Crippen molar-refractivity contribution in [1.82, 2.24) is 0 Å². The first-order chi connectivity index (χ1) is 14.8. The van der Waals surface area contributed by atoms with E-state index in [-0.39, 0.29) is 27.6 Å². The van der Waals surface area contributed by atoms with Crippen LogP contribution in [0, 0.1) is 45.3 Å². The van der Waals surface area contributed by atoms with Crippen LogP contribution in [0.3, 0.4) is 0 Å². The lowest BCUT2D eigenvalue weighted by Crippen LogP contribution is -2.56. The number of hydrogen-bond donors (Lipinski definition) is 0. The fourth-order valence-corrected chi connectivity index (χ4v) is 9.17. The van der Waals surface area contributed by atoms with E-state index in [1.165, 1.54) is 43.3 Å². The molecule has 0 spiro atoms. The molecule has 2 heteroatoms. The molecular weight excluding hydrogens is 392 g/mol. The summed E-state index contributed by atoms with van der Waals surface area (Å²) in [5, 5.41) is 0. The van der Waals surface area contributed by atoms with Crippen LogP contribution in [0.2, 0.25) is 0 Å². The zero-order chi connectivity index (χ0) is 23.7. The van der Waals surface area contributed by atoms with Gasteiger partial charge in [-0.15, -0.1) is 0 Å². The SMILES string of the molecule is CC(C)CCCC(C)C1CCC2(C)C3=C(CCC12C)C1(C)CCC(=O)C(C)(C)C1CC3=O. The van der Waals surface area contributed by atoms with E-state index < -0.39 is 0 Å². The molecular formula is C30H48O2. The Labute approximate surface area is 197 Å². The first-order valence-corrected chi connectivity index (χ1v) is 13.6. The fraction of sp³-hybridized carbons (Fsp3) is 0.867. The number of allylic oxidation sites excluding steroid dienone is 2. The van der Waals surface area contributed by atoms with Gasteiger partial charge >= 0.3 is 0 Å². The predicted octanol–water partition coefficient (Wildman–Crippen LogP) is 7.95. The summed E-state index contributed by atoms with van der Waals surface area (Å²) in [6.07, 6.45) is 10.9. The topological polar surface area (TPSA) is 34.1 Å². The molecule has 180 valence electrons. The van der Waals surface area contributed by atoms with Crippen molar-refractivity contribution in [2.24, 2.45) is 45.3 Å². The molecule has 0 aliphatic heterocycles. The summed E-state index contributed by atoms with van der Waals surface area (Å²) >= 11 is 0. The Morgan fingerprint density at radius 3 is 2.25 bits per heavy atom. The quantitative estimate of drug-likeness (QED) is 0.434.